The fraction of sp³-hybridized carbons (Fsp3) is 0.300. The van der Waals surface area contributed by atoms with Crippen molar-refractivity contribution in [3.8, 4) is 5.75 Å². The molecule has 8 nitrogen and oxygen atoms in total. The predicted octanol–water partition coefficient (Wildman–Crippen LogP) is 0.149. The molecule has 5 N–H and O–H groups in total. The Kier molecular flexibility index (Phi) is 6.87. The van der Waals surface area contributed by atoms with Gasteiger partial charge in [-0.15, -0.1) is 0 Å². The molecule has 1 heterocycles. The summed E-state index contributed by atoms with van der Waals surface area (Å²) in [7, 11) is -1.33. The summed E-state index contributed by atoms with van der Waals surface area (Å²) in [5, 5.41) is 34.1. The van der Waals surface area contributed by atoms with Gasteiger partial charge in [0, 0.05) is 13.1 Å². The lowest BCUT2D eigenvalue weighted by Crippen LogP contribution is -2.53. The third-order valence-corrected chi connectivity index (χ3v) is 4.70. The number of carbonyl (C=O) groups is 2. The Morgan fingerprint density at radius 3 is 2.55 bits per heavy atom. The van der Waals surface area contributed by atoms with Crippen LogP contribution in [0.3, 0.4) is 0 Å². The van der Waals surface area contributed by atoms with Gasteiger partial charge in [0.05, 0.1) is 24.5 Å². The third-order valence-electron chi connectivity index (χ3n) is 4.70. The van der Waals surface area contributed by atoms with Crippen LogP contribution in [0.15, 0.2) is 42.5 Å². The number of benzene rings is 2. The summed E-state index contributed by atoms with van der Waals surface area (Å²) >= 11 is 0. The Bertz CT molecular complexity index is 874. The topological polar surface area (TPSA) is 128 Å². The van der Waals surface area contributed by atoms with Crippen LogP contribution >= 0.6 is 0 Å². The normalized spacial score (nSPS) is 15.4. The Balaban J connectivity index is 1.58. The van der Waals surface area contributed by atoms with Gasteiger partial charge in [0.1, 0.15) is 5.75 Å². The molecule has 0 aliphatic carbocycles. The molecule has 0 unspecified atom stereocenters. The van der Waals surface area contributed by atoms with Gasteiger partial charge in [-0.3, -0.25) is 4.79 Å². The van der Waals surface area contributed by atoms with Crippen LogP contribution in [0.2, 0.25) is 0 Å². The molecular formula is C20H23BN2O6. The third kappa shape index (κ3) is 5.35. The fourth-order valence-corrected chi connectivity index (χ4v) is 3.25. The summed E-state index contributed by atoms with van der Waals surface area (Å²) in [5.41, 5.74) is 2.48. The highest BCUT2D eigenvalue weighted by atomic mass is 16.5. The van der Waals surface area contributed by atoms with E-state index < -0.39 is 19.0 Å². The van der Waals surface area contributed by atoms with Crippen LogP contribution in [-0.4, -0.2) is 53.3 Å². The zero-order valence-corrected chi connectivity index (χ0v) is 15.8. The molecule has 1 aliphatic heterocycles. The van der Waals surface area contributed by atoms with Gasteiger partial charge >= 0.3 is 13.1 Å². The van der Waals surface area contributed by atoms with Gasteiger partial charge in [0.25, 0.3) is 0 Å². The highest BCUT2D eigenvalue weighted by Crippen LogP contribution is 2.30. The van der Waals surface area contributed by atoms with Crippen molar-refractivity contribution in [2.24, 2.45) is 0 Å². The van der Waals surface area contributed by atoms with E-state index in [2.05, 4.69) is 10.6 Å². The summed E-state index contributed by atoms with van der Waals surface area (Å²) in [5.74, 6) is -1.92. The Morgan fingerprint density at radius 2 is 1.86 bits per heavy atom. The standard InChI is InChI=1S/C20H23BN2O6/c24-9-8-22-12-14-6-4-13(5-7-14)10-18(25)23-17-11-15-2-1-3-16(20(26)27)19(15)29-21(17)28/h1-7,17,22,24,28H,8-12H2,(H,23,25)(H,26,27)/t17-/m0/s1. The van der Waals surface area contributed by atoms with Crippen LogP contribution in [0.5, 0.6) is 5.75 Å². The first kappa shape index (κ1) is 20.8. The molecule has 0 bridgehead atoms. The largest absolute Gasteiger partial charge is 0.547 e. The van der Waals surface area contributed by atoms with E-state index in [0.29, 0.717) is 18.7 Å². The number of hydrogen-bond acceptors (Lipinski definition) is 6. The Hall–Kier alpha value is -2.88. The van der Waals surface area contributed by atoms with E-state index in [9.17, 15) is 19.7 Å². The van der Waals surface area contributed by atoms with Gasteiger partial charge in [-0.2, -0.15) is 0 Å². The van der Waals surface area contributed by atoms with E-state index in [0.717, 1.165) is 11.1 Å². The molecular weight excluding hydrogens is 375 g/mol. The van der Waals surface area contributed by atoms with E-state index in [1.54, 1.807) is 12.1 Å². The van der Waals surface area contributed by atoms with Crippen molar-refractivity contribution in [2.75, 3.05) is 13.2 Å². The summed E-state index contributed by atoms with van der Waals surface area (Å²) in [6, 6.07) is 12.3. The van der Waals surface area contributed by atoms with E-state index in [4.69, 9.17) is 9.76 Å². The summed E-state index contributed by atoms with van der Waals surface area (Å²) in [4.78, 5) is 23.7. The summed E-state index contributed by atoms with van der Waals surface area (Å²) in [6.07, 6.45) is 0.425. The number of fused-ring (bicyclic) bond motifs is 1. The minimum atomic E-state index is -1.33. The van der Waals surface area contributed by atoms with Gasteiger partial charge in [-0.05, 0) is 29.2 Å². The average Bonchev–Trinajstić information content (AvgIpc) is 2.69. The molecule has 0 saturated heterocycles. The van der Waals surface area contributed by atoms with Gasteiger partial charge in [-0.25, -0.2) is 4.79 Å². The van der Waals surface area contributed by atoms with Gasteiger partial charge < -0.3 is 30.5 Å². The molecule has 9 heteroatoms. The minimum Gasteiger partial charge on any atom is -0.534 e. The molecule has 1 amide bonds. The van der Waals surface area contributed by atoms with Crippen LogP contribution < -0.4 is 15.3 Å². The molecule has 0 fully saturated rings. The van der Waals surface area contributed by atoms with Gasteiger partial charge in [0.15, 0.2) is 0 Å². The second-order valence-corrected chi connectivity index (χ2v) is 6.88. The maximum atomic E-state index is 12.4. The molecule has 0 radical (unpaired) electrons. The van der Waals surface area contributed by atoms with Crippen LogP contribution in [0.4, 0.5) is 0 Å². The highest BCUT2D eigenvalue weighted by molar-refractivity contribution is 6.47. The number of carboxylic acids is 1. The van der Waals surface area contributed by atoms with Crippen LogP contribution in [0, 0.1) is 0 Å². The number of amides is 1. The molecule has 3 rings (SSSR count). The number of rotatable bonds is 8. The Labute approximate surface area is 168 Å². The SMILES string of the molecule is O=C(Cc1ccc(CNCCO)cc1)N[C@H]1Cc2cccc(C(=O)O)c2OB1O. The molecule has 2 aromatic rings. The number of aliphatic hydroxyl groups excluding tert-OH is 1. The van der Waals surface area contributed by atoms with Crippen LogP contribution in [0.25, 0.3) is 0 Å². The lowest BCUT2D eigenvalue weighted by atomic mass is 9.72. The fourth-order valence-electron chi connectivity index (χ4n) is 3.25. The number of para-hydroxylation sites is 1. The monoisotopic (exact) mass is 398 g/mol. The van der Waals surface area contributed by atoms with Crippen molar-refractivity contribution in [1.82, 2.24) is 10.6 Å². The van der Waals surface area contributed by atoms with Crippen molar-refractivity contribution in [3.05, 3.63) is 64.7 Å². The number of carbonyl (C=O) groups excluding carboxylic acids is 1. The number of hydrogen-bond donors (Lipinski definition) is 5. The molecule has 152 valence electrons. The lowest BCUT2D eigenvalue weighted by molar-refractivity contribution is -0.120. The molecule has 0 aromatic heterocycles. The van der Waals surface area contributed by atoms with E-state index in [-0.39, 0.29) is 36.7 Å². The average molecular weight is 398 g/mol. The van der Waals surface area contributed by atoms with E-state index in [1.807, 2.05) is 24.3 Å². The van der Waals surface area contributed by atoms with Crippen LogP contribution in [-0.2, 0) is 24.2 Å². The number of nitrogens with one attached hydrogen (secondary N) is 2. The molecule has 0 spiro atoms. The first-order valence-corrected chi connectivity index (χ1v) is 9.36. The van der Waals surface area contributed by atoms with Crippen molar-refractivity contribution in [2.45, 2.75) is 25.3 Å². The second kappa shape index (κ2) is 9.55. The van der Waals surface area contributed by atoms with E-state index >= 15 is 0 Å². The van der Waals surface area contributed by atoms with Crippen molar-refractivity contribution < 1.29 is 29.5 Å². The minimum absolute atomic E-state index is 0.0140. The van der Waals surface area contributed by atoms with Crippen molar-refractivity contribution >= 4 is 19.0 Å². The number of aliphatic hydroxyl groups is 1. The first-order chi connectivity index (χ1) is 14.0. The summed E-state index contributed by atoms with van der Waals surface area (Å²) in [6.45, 7) is 1.24. The number of carboxylic acid groups (broad SMARTS) is 1. The highest BCUT2D eigenvalue weighted by Gasteiger charge is 2.37. The molecule has 1 atom stereocenters. The summed E-state index contributed by atoms with van der Waals surface area (Å²) < 4.78 is 5.39. The molecule has 2 aromatic carbocycles. The van der Waals surface area contributed by atoms with E-state index in [1.165, 1.54) is 6.07 Å². The molecule has 1 aliphatic rings. The zero-order valence-electron chi connectivity index (χ0n) is 15.8. The first-order valence-electron chi connectivity index (χ1n) is 9.36. The smallest absolute Gasteiger partial charge is 0.534 e. The van der Waals surface area contributed by atoms with Crippen molar-refractivity contribution in [1.29, 1.82) is 0 Å². The molecule has 0 saturated carbocycles. The maximum Gasteiger partial charge on any atom is 0.547 e. The zero-order chi connectivity index (χ0) is 20.8. The predicted molar refractivity (Wildman–Crippen MR) is 107 cm³/mol. The number of aromatic carboxylic acids is 1. The second-order valence-electron chi connectivity index (χ2n) is 6.88. The van der Waals surface area contributed by atoms with Gasteiger partial charge in [0.2, 0.25) is 5.91 Å². The quantitative estimate of drug-likeness (QED) is 0.316. The van der Waals surface area contributed by atoms with Crippen LogP contribution in [0.1, 0.15) is 27.0 Å². The molecule has 29 heavy (non-hydrogen) atoms. The van der Waals surface area contributed by atoms with Gasteiger partial charge in [-0.1, -0.05) is 36.4 Å². The maximum absolute atomic E-state index is 12.4. The lowest BCUT2D eigenvalue weighted by Gasteiger charge is -2.28. The Morgan fingerprint density at radius 1 is 1.14 bits per heavy atom. The van der Waals surface area contributed by atoms with Crippen molar-refractivity contribution in [3.63, 3.8) is 0 Å².